The summed E-state index contributed by atoms with van der Waals surface area (Å²) in [4.78, 5) is 13.0. The molecule has 0 aliphatic rings. The van der Waals surface area contributed by atoms with Gasteiger partial charge in [-0.25, -0.2) is 9.18 Å². The van der Waals surface area contributed by atoms with E-state index in [0.29, 0.717) is 12.1 Å². The first-order chi connectivity index (χ1) is 12.7. The number of rotatable bonds is 3. The second-order valence-corrected chi connectivity index (χ2v) is 5.35. The van der Waals surface area contributed by atoms with Crippen molar-refractivity contribution in [2.24, 2.45) is 0 Å². The Kier molecular flexibility index (Phi) is 6.17. The molecule has 0 aliphatic carbocycles. The molecule has 0 amide bonds. The average molecular weight is 382 g/mol. The van der Waals surface area contributed by atoms with Crippen LogP contribution in [0.25, 0.3) is 10.9 Å². The van der Waals surface area contributed by atoms with Crippen molar-refractivity contribution in [2.45, 2.75) is 12.7 Å². The number of nitrogens with one attached hydrogen (secondary N) is 1. The highest BCUT2D eigenvalue weighted by Crippen LogP contribution is 2.27. The van der Waals surface area contributed by atoms with E-state index < -0.39 is 12.1 Å². The molecule has 1 heterocycles. The van der Waals surface area contributed by atoms with E-state index in [0.717, 1.165) is 16.6 Å². The molecule has 0 radical (unpaired) electrons. The maximum absolute atomic E-state index is 12.8. The molecule has 27 heavy (non-hydrogen) atoms. The number of hydrogen-bond donors (Lipinski definition) is 3. The quantitative estimate of drug-likeness (QED) is 0.588. The molecule has 0 bridgehead atoms. The molecule has 5 nitrogen and oxygen atoms in total. The Hall–Kier alpha value is -3.36. The molecule has 1 aromatic heterocycles. The Morgan fingerprint density at radius 1 is 1.11 bits per heavy atom. The number of aliphatic carboxylic acids is 1. The van der Waals surface area contributed by atoms with Crippen molar-refractivity contribution in [1.29, 1.82) is 0 Å². The van der Waals surface area contributed by atoms with Gasteiger partial charge in [-0.05, 0) is 29.8 Å². The Morgan fingerprint density at radius 2 is 1.74 bits per heavy atom. The molecule has 0 atom stereocenters. The third-order valence-electron chi connectivity index (χ3n) is 3.34. The second kappa shape index (κ2) is 8.35. The number of aromatic hydroxyl groups is 1. The SMILES string of the molecule is O=C(O)C(F)(F)F.Oc1cc(NCc2ccc(F)cc2)cc2cccnc12. The average Bonchev–Trinajstić information content (AvgIpc) is 2.61. The number of carboxylic acid groups (broad SMARTS) is 1. The fourth-order valence-electron chi connectivity index (χ4n) is 2.08. The maximum atomic E-state index is 12.8. The minimum Gasteiger partial charge on any atom is -0.506 e. The fraction of sp³-hybridized carbons (Fsp3) is 0.111. The van der Waals surface area contributed by atoms with Crippen molar-refractivity contribution in [1.82, 2.24) is 4.98 Å². The minimum atomic E-state index is -5.08. The maximum Gasteiger partial charge on any atom is 0.490 e. The summed E-state index contributed by atoms with van der Waals surface area (Å²) >= 11 is 0. The number of alkyl halides is 3. The normalized spacial score (nSPS) is 10.8. The number of hydrogen-bond acceptors (Lipinski definition) is 4. The lowest BCUT2D eigenvalue weighted by Gasteiger charge is -2.09. The van der Waals surface area contributed by atoms with E-state index in [9.17, 15) is 22.7 Å². The van der Waals surface area contributed by atoms with Gasteiger partial charge in [-0.1, -0.05) is 18.2 Å². The first-order valence-corrected chi connectivity index (χ1v) is 7.53. The molecule has 0 saturated heterocycles. The van der Waals surface area contributed by atoms with Gasteiger partial charge in [-0.3, -0.25) is 4.98 Å². The van der Waals surface area contributed by atoms with Crippen molar-refractivity contribution < 1.29 is 32.6 Å². The third-order valence-corrected chi connectivity index (χ3v) is 3.34. The standard InChI is InChI=1S/C16H13FN2O.C2HF3O2/c17-13-5-3-11(4-6-13)10-19-14-8-12-2-1-7-18-16(12)15(20)9-14;3-2(4,5)1(6)7/h1-9,19-20H,10H2;(H,6,7). The zero-order chi connectivity index (χ0) is 20.0. The van der Waals surface area contributed by atoms with Crippen LogP contribution in [0.5, 0.6) is 5.75 Å². The van der Waals surface area contributed by atoms with Gasteiger partial charge in [0.15, 0.2) is 0 Å². The Labute approximate surface area is 150 Å². The van der Waals surface area contributed by atoms with Crippen molar-refractivity contribution >= 4 is 22.6 Å². The molecule has 142 valence electrons. The van der Waals surface area contributed by atoms with Crippen molar-refractivity contribution in [3.63, 3.8) is 0 Å². The van der Waals surface area contributed by atoms with E-state index >= 15 is 0 Å². The van der Waals surface area contributed by atoms with Crippen LogP contribution >= 0.6 is 0 Å². The van der Waals surface area contributed by atoms with Gasteiger partial charge in [0.25, 0.3) is 0 Å². The number of anilines is 1. The zero-order valence-corrected chi connectivity index (χ0v) is 13.7. The topological polar surface area (TPSA) is 82.5 Å². The molecule has 0 aliphatic heterocycles. The second-order valence-electron chi connectivity index (χ2n) is 5.35. The van der Waals surface area contributed by atoms with Gasteiger partial charge >= 0.3 is 12.1 Å². The Bertz CT molecular complexity index is 928. The summed E-state index contributed by atoms with van der Waals surface area (Å²) < 4.78 is 44.6. The summed E-state index contributed by atoms with van der Waals surface area (Å²) in [6.45, 7) is 0.561. The smallest absolute Gasteiger partial charge is 0.490 e. The first-order valence-electron chi connectivity index (χ1n) is 7.53. The van der Waals surface area contributed by atoms with E-state index in [1.54, 1.807) is 24.4 Å². The molecule has 3 rings (SSSR count). The number of aromatic nitrogens is 1. The van der Waals surface area contributed by atoms with Gasteiger partial charge in [0, 0.05) is 29.9 Å². The third kappa shape index (κ3) is 5.84. The number of halogens is 4. The number of pyridine rings is 1. The monoisotopic (exact) mass is 382 g/mol. The molecule has 3 aromatic rings. The summed E-state index contributed by atoms with van der Waals surface area (Å²) in [5.74, 6) is -2.86. The largest absolute Gasteiger partial charge is 0.506 e. The van der Waals surface area contributed by atoms with Crippen LogP contribution in [-0.4, -0.2) is 27.3 Å². The van der Waals surface area contributed by atoms with Crippen LogP contribution in [0, 0.1) is 5.82 Å². The van der Waals surface area contributed by atoms with Crippen LogP contribution in [-0.2, 0) is 11.3 Å². The van der Waals surface area contributed by atoms with Crippen LogP contribution in [0.4, 0.5) is 23.2 Å². The van der Waals surface area contributed by atoms with Crippen molar-refractivity contribution in [3.8, 4) is 5.75 Å². The number of phenolic OH excluding ortho intramolecular Hbond substituents is 1. The molecule has 0 saturated carbocycles. The van der Waals surface area contributed by atoms with E-state index in [4.69, 9.17) is 9.90 Å². The van der Waals surface area contributed by atoms with Gasteiger partial charge in [0.2, 0.25) is 0 Å². The van der Waals surface area contributed by atoms with E-state index in [-0.39, 0.29) is 11.6 Å². The lowest BCUT2D eigenvalue weighted by atomic mass is 10.1. The van der Waals surface area contributed by atoms with Gasteiger partial charge in [0.05, 0.1) is 0 Å². The van der Waals surface area contributed by atoms with Crippen LogP contribution in [0.3, 0.4) is 0 Å². The molecule has 0 fully saturated rings. The van der Waals surface area contributed by atoms with E-state index in [1.165, 1.54) is 12.1 Å². The predicted octanol–water partition coefficient (Wildman–Crippen LogP) is 4.32. The summed E-state index contributed by atoms with van der Waals surface area (Å²) in [5.41, 5.74) is 2.35. The number of nitrogens with zero attached hydrogens (tertiary/aromatic N) is 1. The number of benzene rings is 2. The van der Waals surface area contributed by atoms with Gasteiger partial charge < -0.3 is 15.5 Å². The summed E-state index contributed by atoms with van der Waals surface area (Å²) in [7, 11) is 0. The number of carboxylic acids is 1. The number of fused-ring (bicyclic) bond motifs is 1. The van der Waals surface area contributed by atoms with Gasteiger partial charge in [0.1, 0.15) is 17.1 Å². The number of phenols is 1. The molecule has 0 spiro atoms. The summed E-state index contributed by atoms with van der Waals surface area (Å²) in [5, 5.41) is 21.1. The molecule has 3 N–H and O–H groups in total. The molecule has 9 heteroatoms. The summed E-state index contributed by atoms with van der Waals surface area (Å²) in [6, 6.07) is 13.6. The molecule has 2 aromatic carbocycles. The lowest BCUT2D eigenvalue weighted by molar-refractivity contribution is -0.192. The van der Waals surface area contributed by atoms with Crippen LogP contribution in [0.1, 0.15) is 5.56 Å². The zero-order valence-electron chi connectivity index (χ0n) is 13.7. The Balaban J connectivity index is 0.000000321. The van der Waals surface area contributed by atoms with Crippen molar-refractivity contribution in [3.05, 3.63) is 66.1 Å². The molecular formula is C18H14F4N2O3. The van der Waals surface area contributed by atoms with Crippen LogP contribution in [0.15, 0.2) is 54.7 Å². The van der Waals surface area contributed by atoms with E-state index in [1.807, 2.05) is 18.2 Å². The Morgan fingerprint density at radius 3 is 2.33 bits per heavy atom. The highest BCUT2D eigenvalue weighted by Gasteiger charge is 2.38. The van der Waals surface area contributed by atoms with Gasteiger partial charge in [-0.15, -0.1) is 0 Å². The summed E-state index contributed by atoms with van der Waals surface area (Å²) in [6.07, 6.45) is -3.44. The molecule has 0 unspecified atom stereocenters. The van der Waals surface area contributed by atoms with Crippen LogP contribution in [0.2, 0.25) is 0 Å². The minimum absolute atomic E-state index is 0.143. The highest BCUT2D eigenvalue weighted by molar-refractivity contribution is 5.87. The first kappa shape index (κ1) is 20.0. The molecular weight excluding hydrogens is 368 g/mol. The van der Waals surface area contributed by atoms with Gasteiger partial charge in [-0.2, -0.15) is 13.2 Å². The van der Waals surface area contributed by atoms with Crippen LogP contribution < -0.4 is 5.32 Å². The highest BCUT2D eigenvalue weighted by atomic mass is 19.4. The predicted molar refractivity (Wildman–Crippen MR) is 90.8 cm³/mol. The van der Waals surface area contributed by atoms with E-state index in [2.05, 4.69) is 10.3 Å². The fourth-order valence-corrected chi connectivity index (χ4v) is 2.08. The van der Waals surface area contributed by atoms with Crippen molar-refractivity contribution in [2.75, 3.05) is 5.32 Å². The lowest BCUT2D eigenvalue weighted by Crippen LogP contribution is -2.21. The number of carbonyl (C=O) groups is 1.